The molecule has 1 aromatic rings. The third-order valence-electron chi connectivity index (χ3n) is 2.91. The number of amides is 2. The second-order valence-electron chi connectivity index (χ2n) is 6.29. The Kier molecular flexibility index (Phi) is 7.23. The number of nitrogens with one attached hydrogen (secondary N) is 1. The van der Waals surface area contributed by atoms with Crippen LogP contribution in [0.15, 0.2) is 30.3 Å². The van der Waals surface area contributed by atoms with Crippen LogP contribution in [-0.4, -0.2) is 29.6 Å². The number of alkyl carbamates (subject to hydrolysis) is 1. The van der Waals surface area contributed by atoms with Gasteiger partial charge >= 0.3 is 12.1 Å². The van der Waals surface area contributed by atoms with Gasteiger partial charge in [-0.2, -0.15) is 0 Å². The molecule has 1 unspecified atom stereocenters. The van der Waals surface area contributed by atoms with Gasteiger partial charge in [-0.1, -0.05) is 30.3 Å². The van der Waals surface area contributed by atoms with E-state index in [0.29, 0.717) is 0 Å². The summed E-state index contributed by atoms with van der Waals surface area (Å²) in [5.74, 6) is -1.21. The molecule has 0 radical (unpaired) electrons. The van der Waals surface area contributed by atoms with Crippen molar-refractivity contribution in [2.24, 2.45) is 5.73 Å². The lowest BCUT2D eigenvalue weighted by atomic mass is 10.1. The summed E-state index contributed by atoms with van der Waals surface area (Å²) in [5.41, 5.74) is 5.45. The van der Waals surface area contributed by atoms with Crippen LogP contribution in [0.4, 0.5) is 4.79 Å². The van der Waals surface area contributed by atoms with Gasteiger partial charge in [-0.3, -0.25) is 9.59 Å². The summed E-state index contributed by atoms with van der Waals surface area (Å²) in [6.07, 6.45) is -0.763. The van der Waals surface area contributed by atoms with Gasteiger partial charge in [-0.25, -0.2) is 4.79 Å². The van der Waals surface area contributed by atoms with Gasteiger partial charge in [0.25, 0.3) is 0 Å². The first-order valence-electron chi connectivity index (χ1n) is 7.66. The minimum absolute atomic E-state index is 0.0379. The minimum Gasteiger partial charge on any atom is -0.460 e. The van der Waals surface area contributed by atoms with Crippen molar-refractivity contribution in [2.75, 3.05) is 0 Å². The molecule has 0 saturated heterocycles. The molecular formula is C17H24N2O5. The fraction of sp³-hybridized carbons (Fsp3) is 0.471. The molecule has 132 valence electrons. The Hall–Kier alpha value is -2.57. The van der Waals surface area contributed by atoms with E-state index < -0.39 is 29.6 Å². The van der Waals surface area contributed by atoms with Gasteiger partial charge in [0.2, 0.25) is 5.91 Å². The molecule has 0 aromatic heterocycles. The molecular weight excluding hydrogens is 312 g/mol. The summed E-state index contributed by atoms with van der Waals surface area (Å²) < 4.78 is 10.2. The largest absolute Gasteiger partial charge is 0.460 e. The highest BCUT2D eigenvalue weighted by atomic mass is 16.6. The van der Waals surface area contributed by atoms with Crippen LogP contribution in [0.5, 0.6) is 0 Å². The van der Waals surface area contributed by atoms with E-state index in [1.165, 1.54) is 0 Å². The Labute approximate surface area is 141 Å². The van der Waals surface area contributed by atoms with Crippen molar-refractivity contribution < 1.29 is 23.9 Å². The van der Waals surface area contributed by atoms with E-state index in [0.717, 1.165) is 5.56 Å². The Morgan fingerprint density at radius 1 is 1.17 bits per heavy atom. The summed E-state index contributed by atoms with van der Waals surface area (Å²) in [4.78, 5) is 34.8. The van der Waals surface area contributed by atoms with Crippen LogP contribution in [0.1, 0.15) is 39.2 Å². The Bertz CT molecular complexity index is 566. The lowest BCUT2D eigenvalue weighted by Crippen LogP contribution is -2.45. The number of carbonyl (C=O) groups excluding carboxylic acids is 3. The molecule has 1 atom stereocenters. The molecule has 0 aliphatic rings. The number of benzene rings is 1. The molecule has 0 saturated carbocycles. The Balaban J connectivity index is 2.43. The molecule has 0 bridgehead atoms. The van der Waals surface area contributed by atoms with Gasteiger partial charge in [0.15, 0.2) is 0 Å². The average molecular weight is 336 g/mol. The molecule has 0 aliphatic carbocycles. The van der Waals surface area contributed by atoms with Gasteiger partial charge in [0.05, 0.1) is 0 Å². The molecule has 7 nitrogen and oxygen atoms in total. The van der Waals surface area contributed by atoms with Crippen LogP contribution >= 0.6 is 0 Å². The second kappa shape index (κ2) is 8.90. The van der Waals surface area contributed by atoms with Crippen LogP contribution < -0.4 is 11.1 Å². The smallest absolute Gasteiger partial charge is 0.408 e. The number of esters is 1. The summed E-state index contributed by atoms with van der Waals surface area (Å²) in [5, 5.41) is 2.36. The highest BCUT2D eigenvalue weighted by molar-refractivity contribution is 5.84. The first kappa shape index (κ1) is 19.5. The maximum absolute atomic E-state index is 11.7. The van der Waals surface area contributed by atoms with Crippen LogP contribution in [0.25, 0.3) is 0 Å². The van der Waals surface area contributed by atoms with E-state index in [-0.39, 0.29) is 19.4 Å². The third-order valence-corrected chi connectivity index (χ3v) is 2.91. The predicted molar refractivity (Wildman–Crippen MR) is 87.8 cm³/mol. The molecule has 1 aromatic carbocycles. The Morgan fingerprint density at radius 3 is 2.33 bits per heavy atom. The average Bonchev–Trinajstić information content (AvgIpc) is 2.48. The molecule has 3 N–H and O–H groups in total. The predicted octanol–water partition coefficient (Wildman–Crippen LogP) is 1.89. The number of ether oxygens (including phenoxy) is 2. The van der Waals surface area contributed by atoms with Crippen molar-refractivity contribution in [2.45, 2.75) is 51.9 Å². The molecule has 2 amide bonds. The standard InChI is InChI=1S/C17H24N2O5/c1-17(2,3)24-14(20)10-9-13(15(18)21)19-16(22)23-11-12-7-5-4-6-8-12/h4-8,13H,9-11H2,1-3H3,(H2,18,21)(H,19,22). The first-order valence-corrected chi connectivity index (χ1v) is 7.66. The third kappa shape index (κ3) is 8.17. The van der Waals surface area contributed by atoms with Crippen molar-refractivity contribution in [3.8, 4) is 0 Å². The van der Waals surface area contributed by atoms with Crippen LogP contribution in [-0.2, 0) is 25.7 Å². The zero-order valence-electron chi connectivity index (χ0n) is 14.2. The maximum Gasteiger partial charge on any atom is 0.408 e. The topological polar surface area (TPSA) is 108 Å². The summed E-state index contributed by atoms with van der Waals surface area (Å²) in [6.45, 7) is 5.31. The summed E-state index contributed by atoms with van der Waals surface area (Å²) in [7, 11) is 0. The fourth-order valence-corrected chi connectivity index (χ4v) is 1.85. The quantitative estimate of drug-likeness (QED) is 0.739. The van der Waals surface area contributed by atoms with Gasteiger partial charge in [-0.15, -0.1) is 0 Å². The van der Waals surface area contributed by atoms with E-state index in [2.05, 4.69) is 5.32 Å². The van der Waals surface area contributed by atoms with Crippen molar-refractivity contribution >= 4 is 18.0 Å². The minimum atomic E-state index is -0.999. The fourth-order valence-electron chi connectivity index (χ4n) is 1.85. The van der Waals surface area contributed by atoms with Crippen LogP contribution in [0.2, 0.25) is 0 Å². The van der Waals surface area contributed by atoms with Gasteiger partial charge in [-0.05, 0) is 32.8 Å². The monoisotopic (exact) mass is 336 g/mol. The molecule has 0 fully saturated rings. The normalized spacial score (nSPS) is 12.1. The number of hydrogen-bond donors (Lipinski definition) is 2. The van der Waals surface area contributed by atoms with Crippen molar-refractivity contribution in [3.05, 3.63) is 35.9 Å². The van der Waals surface area contributed by atoms with Crippen LogP contribution in [0, 0.1) is 0 Å². The molecule has 0 spiro atoms. The van der Waals surface area contributed by atoms with Gasteiger partial charge in [0, 0.05) is 6.42 Å². The molecule has 0 heterocycles. The molecule has 7 heteroatoms. The van der Waals surface area contributed by atoms with Crippen LogP contribution in [0.3, 0.4) is 0 Å². The van der Waals surface area contributed by atoms with E-state index in [1.807, 2.05) is 18.2 Å². The second-order valence-corrected chi connectivity index (χ2v) is 6.29. The van der Waals surface area contributed by atoms with E-state index in [9.17, 15) is 14.4 Å². The highest BCUT2D eigenvalue weighted by Crippen LogP contribution is 2.10. The first-order chi connectivity index (χ1) is 11.2. The van der Waals surface area contributed by atoms with E-state index in [1.54, 1.807) is 32.9 Å². The zero-order valence-corrected chi connectivity index (χ0v) is 14.2. The lowest BCUT2D eigenvalue weighted by molar-refractivity contribution is -0.155. The maximum atomic E-state index is 11.7. The van der Waals surface area contributed by atoms with Gasteiger partial charge < -0.3 is 20.5 Å². The zero-order chi connectivity index (χ0) is 18.2. The van der Waals surface area contributed by atoms with E-state index in [4.69, 9.17) is 15.2 Å². The Morgan fingerprint density at radius 2 is 1.79 bits per heavy atom. The summed E-state index contributed by atoms with van der Waals surface area (Å²) >= 11 is 0. The number of primary amides is 1. The highest BCUT2D eigenvalue weighted by Gasteiger charge is 2.22. The van der Waals surface area contributed by atoms with Crippen molar-refractivity contribution in [3.63, 3.8) is 0 Å². The SMILES string of the molecule is CC(C)(C)OC(=O)CCC(NC(=O)OCc1ccccc1)C(N)=O. The van der Waals surface area contributed by atoms with Crippen molar-refractivity contribution in [1.82, 2.24) is 5.32 Å². The molecule has 24 heavy (non-hydrogen) atoms. The van der Waals surface area contributed by atoms with E-state index >= 15 is 0 Å². The van der Waals surface area contributed by atoms with Crippen molar-refractivity contribution in [1.29, 1.82) is 0 Å². The number of carbonyl (C=O) groups is 3. The number of hydrogen-bond acceptors (Lipinski definition) is 5. The molecule has 1 rings (SSSR count). The van der Waals surface area contributed by atoms with Gasteiger partial charge in [0.1, 0.15) is 18.2 Å². The lowest BCUT2D eigenvalue weighted by Gasteiger charge is -2.20. The number of rotatable bonds is 7. The summed E-state index contributed by atoms with van der Waals surface area (Å²) in [6, 6.07) is 8.11. The number of nitrogens with two attached hydrogens (primary N) is 1. The molecule has 0 aliphatic heterocycles.